The van der Waals surface area contributed by atoms with Gasteiger partial charge in [0.1, 0.15) is 17.2 Å². The van der Waals surface area contributed by atoms with Crippen molar-refractivity contribution in [3.8, 4) is 11.5 Å². The first-order chi connectivity index (χ1) is 13.0. The van der Waals surface area contributed by atoms with Gasteiger partial charge in [-0.3, -0.25) is 10.1 Å². The number of anilines is 4. The van der Waals surface area contributed by atoms with E-state index in [0.29, 0.717) is 17.1 Å². The van der Waals surface area contributed by atoms with Gasteiger partial charge >= 0.3 is 5.69 Å². The van der Waals surface area contributed by atoms with Gasteiger partial charge in [0.25, 0.3) is 0 Å². The van der Waals surface area contributed by atoms with Crippen LogP contribution in [-0.2, 0) is 0 Å². The van der Waals surface area contributed by atoms with E-state index in [9.17, 15) is 15.2 Å². The van der Waals surface area contributed by atoms with E-state index < -0.39 is 4.92 Å². The molecule has 0 radical (unpaired) electrons. The highest BCUT2D eigenvalue weighted by atomic mass is 16.6. The van der Waals surface area contributed by atoms with Crippen molar-refractivity contribution in [3.63, 3.8) is 0 Å². The molecule has 0 unspecified atom stereocenters. The maximum Gasteiger partial charge on any atom is 0.332 e. The number of methoxy groups -OCH3 is 1. The van der Waals surface area contributed by atoms with Gasteiger partial charge in [0.15, 0.2) is 0 Å². The summed E-state index contributed by atoms with van der Waals surface area (Å²) in [4.78, 5) is 19.3. The molecule has 0 saturated heterocycles. The fourth-order valence-electron chi connectivity index (χ4n) is 2.47. The van der Waals surface area contributed by atoms with Crippen LogP contribution in [0.5, 0.6) is 11.5 Å². The van der Waals surface area contributed by atoms with Crippen LogP contribution in [-0.4, -0.2) is 27.1 Å². The predicted octanol–water partition coefficient (Wildman–Crippen LogP) is 3.89. The summed E-state index contributed by atoms with van der Waals surface area (Å²) in [6, 6.07) is 13.5. The fraction of sp³-hybridized carbons (Fsp3) is 0.111. The second kappa shape index (κ2) is 7.56. The molecule has 0 aliphatic heterocycles. The third kappa shape index (κ3) is 4.03. The van der Waals surface area contributed by atoms with Crippen molar-refractivity contribution in [2.45, 2.75) is 6.92 Å². The van der Waals surface area contributed by atoms with Crippen LogP contribution in [0.4, 0.5) is 28.8 Å². The largest absolute Gasteiger partial charge is 0.506 e. The summed E-state index contributed by atoms with van der Waals surface area (Å²) in [6.45, 7) is 1.52. The number of nitrogens with zero attached hydrogens (tertiary/aromatic N) is 3. The van der Waals surface area contributed by atoms with Crippen molar-refractivity contribution in [1.29, 1.82) is 0 Å². The molecule has 0 spiro atoms. The number of nitro groups is 1. The highest BCUT2D eigenvalue weighted by Gasteiger charge is 2.22. The highest BCUT2D eigenvalue weighted by molar-refractivity contribution is 5.70. The lowest BCUT2D eigenvalue weighted by Crippen LogP contribution is -2.07. The second-order valence-corrected chi connectivity index (χ2v) is 5.59. The Morgan fingerprint density at radius 3 is 2.59 bits per heavy atom. The molecule has 138 valence electrons. The average Bonchev–Trinajstić information content (AvgIpc) is 2.63. The summed E-state index contributed by atoms with van der Waals surface area (Å²) in [7, 11) is 1.53. The molecule has 27 heavy (non-hydrogen) atoms. The van der Waals surface area contributed by atoms with Crippen molar-refractivity contribution in [3.05, 3.63) is 64.3 Å². The normalized spacial score (nSPS) is 10.3. The Bertz CT molecular complexity index is 993. The number of phenolic OH excluding ortho intramolecular Hbond substituents is 1. The maximum absolute atomic E-state index is 11.5. The number of aromatic hydroxyl groups is 1. The van der Waals surface area contributed by atoms with Crippen molar-refractivity contribution in [2.24, 2.45) is 0 Å². The van der Waals surface area contributed by atoms with Crippen molar-refractivity contribution < 1.29 is 14.8 Å². The van der Waals surface area contributed by atoms with Gasteiger partial charge in [0, 0.05) is 11.8 Å². The number of nitrogens with one attached hydrogen (secondary N) is 2. The van der Waals surface area contributed by atoms with Gasteiger partial charge in [0.2, 0.25) is 11.8 Å². The molecule has 3 aromatic rings. The summed E-state index contributed by atoms with van der Waals surface area (Å²) in [5.41, 5.74) is 0.904. The minimum atomic E-state index is -0.540. The van der Waals surface area contributed by atoms with Crippen LogP contribution in [0.3, 0.4) is 0 Å². The molecule has 0 amide bonds. The first kappa shape index (κ1) is 17.9. The quantitative estimate of drug-likeness (QED) is 0.341. The average molecular weight is 367 g/mol. The summed E-state index contributed by atoms with van der Waals surface area (Å²) in [5.74, 6) is 0.754. The molecule has 3 N–H and O–H groups in total. The molecular weight excluding hydrogens is 350 g/mol. The molecule has 2 aromatic carbocycles. The third-order valence-corrected chi connectivity index (χ3v) is 3.72. The smallest absolute Gasteiger partial charge is 0.332 e. The summed E-state index contributed by atoms with van der Waals surface area (Å²) >= 11 is 0. The monoisotopic (exact) mass is 367 g/mol. The van der Waals surface area contributed by atoms with Crippen LogP contribution < -0.4 is 15.4 Å². The van der Waals surface area contributed by atoms with E-state index in [4.69, 9.17) is 4.74 Å². The summed E-state index contributed by atoms with van der Waals surface area (Å²) in [5, 5.41) is 27.2. The van der Waals surface area contributed by atoms with Crippen molar-refractivity contribution in [2.75, 3.05) is 17.7 Å². The van der Waals surface area contributed by atoms with E-state index in [0.717, 1.165) is 0 Å². The van der Waals surface area contributed by atoms with E-state index in [1.807, 2.05) is 0 Å². The molecule has 0 saturated carbocycles. The molecule has 0 aliphatic rings. The van der Waals surface area contributed by atoms with Crippen LogP contribution in [0, 0.1) is 17.0 Å². The molecule has 1 aromatic heterocycles. The Kier molecular flexibility index (Phi) is 5.02. The number of phenols is 1. The number of aryl methyl sites for hydroxylation is 1. The lowest BCUT2D eigenvalue weighted by atomic mass is 10.2. The minimum Gasteiger partial charge on any atom is -0.506 e. The van der Waals surface area contributed by atoms with Crippen LogP contribution >= 0.6 is 0 Å². The zero-order valence-corrected chi connectivity index (χ0v) is 14.6. The second-order valence-electron chi connectivity index (χ2n) is 5.59. The molecular formula is C18H17N5O4. The molecule has 0 aliphatic carbocycles. The number of ether oxygens (including phenoxy) is 1. The topological polar surface area (TPSA) is 122 Å². The Morgan fingerprint density at radius 1 is 1.11 bits per heavy atom. The zero-order chi connectivity index (χ0) is 19.4. The van der Waals surface area contributed by atoms with Gasteiger partial charge in [-0.15, -0.1) is 0 Å². The zero-order valence-electron chi connectivity index (χ0n) is 14.6. The van der Waals surface area contributed by atoms with Crippen molar-refractivity contribution >= 4 is 28.8 Å². The molecule has 3 rings (SSSR count). The van der Waals surface area contributed by atoms with E-state index in [-0.39, 0.29) is 28.9 Å². The Morgan fingerprint density at radius 2 is 1.89 bits per heavy atom. The maximum atomic E-state index is 11.5. The van der Waals surface area contributed by atoms with Gasteiger partial charge in [-0.25, -0.2) is 4.98 Å². The molecule has 0 atom stereocenters. The first-order valence-corrected chi connectivity index (χ1v) is 7.97. The van der Waals surface area contributed by atoms with Gasteiger partial charge in [-0.05, 0) is 31.2 Å². The number of hydrogen-bond donors (Lipinski definition) is 3. The molecule has 0 bridgehead atoms. The Labute approximate surface area is 154 Å². The predicted molar refractivity (Wildman–Crippen MR) is 101 cm³/mol. The third-order valence-electron chi connectivity index (χ3n) is 3.72. The van der Waals surface area contributed by atoms with Gasteiger partial charge < -0.3 is 20.5 Å². The number of benzene rings is 2. The first-order valence-electron chi connectivity index (χ1n) is 7.97. The molecule has 9 heteroatoms. The number of rotatable bonds is 6. The van der Waals surface area contributed by atoms with E-state index in [1.54, 1.807) is 42.5 Å². The number of para-hydroxylation sites is 2. The van der Waals surface area contributed by atoms with Gasteiger partial charge in [-0.2, -0.15) is 4.98 Å². The van der Waals surface area contributed by atoms with E-state index in [1.165, 1.54) is 20.1 Å². The van der Waals surface area contributed by atoms with Crippen LogP contribution in [0.1, 0.15) is 5.69 Å². The SMILES string of the molecule is COc1cccc(Nc2nc(Nc3ccccc3O)nc(C)c2[N+](=O)[O-])c1. The number of hydrogen-bond acceptors (Lipinski definition) is 8. The van der Waals surface area contributed by atoms with E-state index in [2.05, 4.69) is 20.6 Å². The Hall–Kier alpha value is -3.88. The fourth-order valence-corrected chi connectivity index (χ4v) is 2.47. The van der Waals surface area contributed by atoms with Gasteiger partial charge in [0.05, 0.1) is 17.7 Å². The highest BCUT2D eigenvalue weighted by Crippen LogP contribution is 2.32. The van der Waals surface area contributed by atoms with Gasteiger partial charge in [-0.1, -0.05) is 18.2 Å². The summed E-state index contributed by atoms with van der Waals surface area (Å²) in [6.07, 6.45) is 0. The minimum absolute atomic E-state index is 0.0133. The summed E-state index contributed by atoms with van der Waals surface area (Å²) < 4.78 is 5.16. The lowest BCUT2D eigenvalue weighted by molar-refractivity contribution is -0.385. The number of aromatic nitrogens is 2. The van der Waals surface area contributed by atoms with Crippen molar-refractivity contribution in [1.82, 2.24) is 9.97 Å². The molecule has 0 fully saturated rings. The standard InChI is InChI=1S/C18H17N5O4/c1-11-16(23(25)26)17(20-12-6-5-7-13(10-12)27-2)22-18(19-11)21-14-8-3-4-9-15(14)24/h3-10,24H,1-2H3,(H2,19,20,21,22). The van der Waals surface area contributed by atoms with E-state index >= 15 is 0 Å². The lowest BCUT2D eigenvalue weighted by Gasteiger charge is -2.12. The molecule has 1 heterocycles. The van der Waals surface area contributed by atoms with Crippen LogP contribution in [0.25, 0.3) is 0 Å². The Balaban J connectivity index is 2.01. The van der Waals surface area contributed by atoms with Crippen LogP contribution in [0.2, 0.25) is 0 Å². The molecule has 9 nitrogen and oxygen atoms in total. The van der Waals surface area contributed by atoms with Crippen LogP contribution in [0.15, 0.2) is 48.5 Å².